The number of fused-ring (bicyclic) bond motifs is 1. The van der Waals surface area contributed by atoms with Crippen LogP contribution in [0.1, 0.15) is 24.4 Å². The fourth-order valence-corrected chi connectivity index (χ4v) is 3.80. The van der Waals surface area contributed by atoms with Crippen LogP contribution >= 0.6 is 0 Å². The number of aromatic nitrogens is 2. The van der Waals surface area contributed by atoms with Gasteiger partial charge in [0.05, 0.1) is 31.5 Å². The molecule has 0 bridgehead atoms. The molecular formula is C21H25N3O6S. The van der Waals surface area contributed by atoms with Crippen LogP contribution in [0.3, 0.4) is 0 Å². The number of H-pyrrole nitrogens is 1. The first-order valence-corrected chi connectivity index (χ1v) is 11.4. The molecule has 0 spiro atoms. The molecule has 1 heterocycles. The number of rotatable bonds is 9. The number of hydrogen-bond acceptors (Lipinski definition) is 7. The first-order valence-electron chi connectivity index (χ1n) is 9.53. The number of carbonyl (C=O) groups excluding carboxylic acids is 1. The van der Waals surface area contributed by atoms with Crippen LogP contribution in [0.4, 0.5) is 0 Å². The number of hydrogen-bond donors (Lipinski definition) is 2. The summed E-state index contributed by atoms with van der Waals surface area (Å²) in [6, 6.07) is 11.6. The molecule has 3 aromatic rings. The topological polar surface area (TPSA) is 120 Å². The molecule has 0 aliphatic carbocycles. The predicted octanol–water partition coefficient (Wildman–Crippen LogP) is 2.34. The van der Waals surface area contributed by atoms with E-state index in [0.29, 0.717) is 11.6 Å². The average Bonchev–Trinajstić information content (AvgIpc) is 3.16. The highest BCUT2D eigenvalue weighted by Crippen LogP contribution is 2.24. The molecule has 0 amide bonds. The number of nitrogens with one attached hydrogen (secondary N) is 2. The smallest absolute Gasteiger partial charge is 0.324 e. The SMILES string of the molecule is COC(=O)[C@H](Cc1ccc(OC(C)c2nc3ccc(OC)cc3[nH]2)cc1)NS(C)(=O)=O. The normalized spacial score (nSPS) is 13.5. The first-order chi connectivity index (χ1) is 14.7. The minimum atomic E-state index is -3.56. The van der Waals surface area contributed by atoms with E-state index in [1.807, 2.05) is 25.1 Å². The van der Waals surface area contributed by atoms with E-state index >= 15 is 0 Å². The maximum atomic E-state index is 11.9. The zero-order valence-corrected chi connectivity index (χ0v) is 18.5. The van der Waals surface area contributed by atoms with Crippen LogP contribution in [-0.4, -0.2) is 50.9 Å². The predicted molar refractivity (Wildman–Crippen MR) is 116 cm³/mol. The molecule has 10 heteroatoms. The van der Waals surface area contributed by atoms with E-state index in [1.165, 1.54) is 7.11 Å². The summed E-state index contributed by atoms with van der Waals surface area (Å²) >= 11 is 0. The lowest BCUT2D eigenvalue weighted by Crippen LogP contribution is -2.42. The van der Waals surface area contributed by atoms with Crippen molar-refractivity contribution in [2.24, 2.45) is 0 Å². The fourth-order valence-electron chi connectivity index (χ4n) is 3.10. The number of ether oxygens (including phenoxy) is 3. The molecule has 0 saturated heterocycles. The molecule has 2 aromatic carbocycles. The molecule has 31 heavy (non-hydrogen) atoms. The lowest BCUT2D eigenvalue weighted by Gasteiger charge is -2.16. The second kappa shape index (κ2) is 9.36. The Hall–Kier alpha value is -3.11. The van der Waals surface area contributed by atoms with Crippen LogP contribution in [0.5, 0.6) is 11.5 Å². The largest absolute Gasteiger partial charge is 0.497 e. The molecule has 0 fully saturated rings. The van der Waals surface area contributed by atoms with Gasteiger partial charge in [0, 0.05) is 6.07 Å². The maximum Gasteiger partial charge on any atom is 0.324 e. The van der Waals surface area contributed by atoms with E-state index in [9.17, 15) is 13.2 Å². The lowest BCUT2D eigenvalue weighted by molar-refractivity contribution is -0.142. The molecule has 2 N–H and O–H groups in total. The monoisotopic (exact) mass is 447 g/mol. The number of aromatic amines is 1. The summed E-state index contributed by atoms with van der Waals surface area (Å²) in [5.41, 5.74) is 2.42. The highest BCUT2D eigenvalue weighted by atomic mass is 32.2. The third kappa shape index (κ3) is 5.96. The Labute approximate surface area is 180 Å². The molecule has 9 nitrogen and oxygen atoms in total. The Kier molecular flexibility index (Phi) is 6.81. The number of nitrogens with zero attached hydrogens (tertiary/aromatic N) is 1. The summed E-state index contributed by atoms with van der Waals surface area (Å²) in [7, 11) is -0.739. The van der Waals surface area contributed by atoms with Crippen LogP contribution in [0.15, 0.2) is 42.5 Å². The Morgan fingerprint density at radius 3 is 2.42 bits per heavy atom. The fraction of sp³-hybridized carbons (Fsp3) is 0.333. The minimum Gasteiger partial charge on any atom is -0.497 e. The maximum absolute atomic E-state index is 11.9. The van der Waals surface area contributed by atoms with Crippen molar-refractivity contribution in [2.75, 3.05) is 20.5 Å². The number of carbonyl (C=O) groups is 1. The molecule has 0 saturated carbocycles. The highest BCUT2D eigenvalue weighted by Gasteiger charge is 2.23. The summed E-state index contributed by atoms with van der Waals surface area (Å²) in [4.78, 5) is 19.7. The van der Waals surface area contributed by atoms with Crippen LogP contribution in [0.2, 0.25) is 0 Å². The lowest BCUT2D eigenvalue weighted by atomic mass is 10.1. The van der Waals surface area contributed by atoms with E-state index in [-0.39, 0.29) is 12.5 Å². The van der Waals surface area contributed by atoms with Crippen LogP contribution in [-0.2, 0) is 26.0 Å². The molecule has 2 atom stereocenters. The number of methoxy groups -OCH3 is 2. The summed E-state index contributed by atoms with van der Waals surface area (Å²) in [5, 5.41) is 0. The molecule has 0 aliphatic rings. The van der Waals surface area contributed by atoms with Crippen molar-refractivity contribution in [3.8, 4) is 11.5 Å². The zero-order chi connectivity index (χ0) is 22.6. The van der Waals surface area contributed by atoms with Crippen molar-refractivity contribution in [2.45, 2.75) is 25.5 Å². The van der Waals surface area contributed by atoms with Crippen molar-refractivity contribution >= 4 is 27.0 Å². The van der Waals surface area contributed by atoms with Gasteiger partial charge in [0.15, 0.2) is 6.10 Å². The third-order valence-electron chi connectivity index (χ3n) is 4.61. The van der Waals surface area contributed by atoms with Crippen molar-refractivity contribution in [1.29, 1.82) is 0 Å². The Bertz CT molecular complexity index is 1160. The summed E-state index contributed by atoms with van der Waals surface area (Å²) in [5.74, 6) is 1.37. The third-order valence-corrected chi connectivity index (χ3v) is 5.32. The summed E-state index contributed by atoms with van der Waals surface area (Å²) < 4.78 is 41.2. The van der Waals surface area contributed by atoms with Crippen molar-refractivity contribution in [3.63, 3.8) is 0 Å². The van der Waals surface area contributed by atoms with Crippen molar-refractivity contribution in [3.05, 3.63) is 53.9 Å². The average molecular weight is 448 g/mol. The van der Waals surface area contributed by atoms with Gasteiger partial charge in [0.2, 0.25) is 10.0 Å². The molecule has 1 unspecified atom stereocenters. The first kappa shape index (κ1) is 22.6. The van der Waals surface area contributed by atoms with Crippen LogP contribution in [0, 0.1) is 0 Å². The minimum absolute atomic E-state index is 0.154. The van der Waals surface area contributed by atoms with E-state index in [0.717, 1.165) is 28.6 Å². The number of esters is 1. The molecule has 3 rings (SSSR count). The van der Waals surface area contributed by atoms with Gasteiger partial charge in [-0.15, -0.1) is 0 Å². The van der Waals surface area contributed by atoms with Gasteiger partial charge in [-0.2, -0.15) is 0 Å². The van der Waals surface area contributed by atoms with E-state index in [4.69, 9.17) is 9.47 Å². The van der Waals surface area contributed by atoms with Crippen molar-refractivity contribution in [1.82, 2.24) is 14.7 Å². The highest BCUT2D eigenvalue weighted by molar-refractivity contribution is 7.88. The second-order valence-corrected chi connectivity index (χ2v) is 8.86. The van der Waals surface area contributed by atoms with Crippen LogP contribution < -0.4 is 14.2 Å². The standard InChI is InChI=1S/C21H25N3O6S/c1-13(20-22-17-10-9-16(28-2)12-18(17)23-20)30-15-7-5-14(6-8-15)11-19(21(25)29-3)24-31(4,26)27/h5-10,12-13,19,24H,11H2,1-4H3,(H,22,23)/t13?,19-/m0/s1. The van der Waals surface area contributed by atoms with Gasteiger partial charge in [-0.25, -0.2) is 18.1 Å². The molecule has 0 aliphatic heterocycles. The van der Waals surface area contributed by atoms with Crippen molar-refractivity contribution < 1.29 is 27.4 Å². The van der Waals surface area contributed by atoms with Gasteiger partial charge in [-0.3, -0.25) is 4.79 Å². The van der Waals surface area contributed by atoms with Gasteiger partial charge in [0.25, 0.3) is 0 Å². The summed E-state index contributed by atoms with van der Waals surface area (Å²) in [6.07, 6.45) is 0.815. The quantitative estimate of drug-likeness (QED) is 0.483. The van der Waals surface area contributed by atoms with Gasteiger partial charge < -0.3 is 19.2 Å². The van der Waals surface area contributed by atoms with Gasteiger partial charge in [-0.1, -0.05) is 12.1 Å². The van der Waals surface area contributed by atoms with Gasteiger partial charge >= 0.3 is 5.97 Å². The molecule has 1 aromatic heterocycles. The zero-order valence-electron chi connectivity index (χ0n) is 17.7. The Morgan fingerprint density at radius 2 is 1.81 bits per heavy atom. The van der Waals surface area contributed by atoms with E-state index in [2.05, 4.69) is 19.4 Å². The Balaban J connectivity index is 1.68. The molecule has 166 valence electrons. The van der Waals surface area contributed by atoms with E-state index in [1.54, 1.807) is 31.4 Å². The number of imidazole rings is 1. The number of sulfonamides is 1. The van der Waals surface area contributed by atoms with Gasteiger partial charge in [-0.05, 0) is 43.2 Å². The Morgan fingerprint density at radius 1 is 1.13 bits per heavy atom. The number of benzene rings is 2. The summed E-state index contributed by atoms with van der Waals surface area (Å²) in [6.45, 7) is 1.88. The molecular weight excluding hydrogens is 422 g/mol. The molecule has 0 radical (unpaired) electrons. The second-order valence-electron chi connectivity index (χ2n) is 7.08. The van der Waals surface area contributed by atoms with Gasteiger partial charge in [0.1, 0.15) is 23.4 Å². The van der Waals surface area contributed by atoms with Crippen LogP contribution in [0.25, 0.3) is 11.0 Å². The van der Waals surface area contributed by atoms with E-state index < -0.39 is 22.0 Å².